The number of H-pyrrole nitrogens is 2. The molecule has 0 bridgehead atoms. The summed E-state index contributed by atoms with van der Waals surface area (Å²) in [5, 5.41) is 7.86. The number of fused-ring (bicyclic) bond motifs is 6. The van der Waals surface area contributed by atoms with Crippen LogP contribution in [0.1, 0.15) is 37.4 Å². The molecule has 6 heteroatoms. The largest absolute Gasteiger partial charge is 0.341 e. The first-order valence-electron chi connectivity index (χ1n) is 10.1. The summed E-state index contributed by atoms with van der Waals surface area (Å²) in [7, 11) is 1.91. The highest BCUT2D eigenvalue weighted by atomic mass is 16.1. The second-order valence-corrected chi connectivity index (χ2v) is 8.09. The standard InChI is InChI=1S/C23H21N5O/c1-28-12-15(11-25-28)14-6-7-16-18(10-14)19-17(8-9-24-23(19)29)21-20(16)26-22(27-21)13-4-2-3-5-13/h6-13H,2-5H2,1H3,(H,24,29)(H,26,27). The Hall–Kier alpha value is -3.41. The van der Waals surface area contributed by atoms with Crippen LogP contribution >= 0.6 is 0 Å². The summed E-state index contributed by atoms with van der Waals surface area (Å²) in [6.07, 6.45) is 10.4. The van der Waals surface area contributed by atoms with Gasteiger partial charge >= 0.3 is 0 Å². The number of aromatic nitrogens is 5. The Bertz CT molecular complexity index is 1450. The molecule has 1 fully saturated rings. The average Bonchev–Trinajstić information content (AvgIpc) is 3.48. The minimum atomic E-state index is -0.0804. The number of imidazole rings is 1. The summed E-state index contributed by atoms with van der Waals surface area (Å²) in [6.45, 7) is 0. The van der Waals surface area contributed by atoms with Crippen molar-refractivity contribution in [2.24, 2.45) is 7.05 Å². The maximum atomic E-state index is 12.8. The maximum absolute atomic E-state index is 12.8. The van der Waals surface area contributed by atoms with Crippen molar-refractivity contribution in [1.29, 1.82) is 0 Å². The highest BCUT2D eigenvalue weighted by Crippen LogP contribution is 2.38. The Morgan fingerprint density at radius 3 is 2.72 bits per heavy atom. The lowest BCUT2D eigenvalue weighted by molar-refractivity contribution is 0.681. The van der Waals surface area contributed by atoms with E-state index in [2.05, 4.69) is 33.3 Å². The van der Waals surface area contributed by atoms with Gasteiger partial charge in [-0.25, -0.2) is 4.98 Å². The topological polar surface area (TPSA) is 79.4 Å². The number of hydrogen-bond acceptors (Lipinski definition) is 3. The molecule has 0 aliphatic heterocycles. The minimum Gasteiger partial charge on any atom is -0.341 e. The number of pyridine rings is 1. The van der Waals surface area contributed by atoms with Crippen molar-refractivity contribution >= 4 is 32.6 Å². The fraction of sp³-hybridized carbons (Fsp3) is 0.261. The second-order valence-electron chi connectivity index (χ2n) is 8.09. The van der Waals surface area contributed by atoms with Crippen molar-refractivity contribution < 1.29 is 0 Å². The van der Waals surface area contributed by atoms with Crippen LogP contribution in [-0.2, 0) is 7.05 Å². The number of nitrogens with one attached hydrogen (secondary N) is 2. The third-order valence-corrected chi connectivity index (χ3v) is 6.28. The highest BCUT2D eigenvalue weighted by Gasteiger charge is 2.22. The first-order valence-corrected chi connectivity index (χ1v) is 10.1. The SMILES string of the molecule is Cn1cc(-c2ccc3c(c2)c2c(=O)[nH]ccc2c2nc(C4CCCC4)[nH]c32)cn1. The number of nitrogens with zero attached hydrogens (tertiary/aromatic N) is 3. The van der Waals surface area contributed by atoms with Gasteiger partial charge < -0.3 is 9.97 Å². The minimum absolute atomic E-state index is 0.0804. The van der Waals surface area contributed by atoms with Crippen LogP contribution in [0.5, 0.6) is 0 Å². The monoisotopic (exact) mass is 383 g/mol. The van der Waals surface area contributed by atoms with Crippen LogP contribution in [0, 0.1) is 0 Å². The van der Waals surface area contributed by atoms with Crippen molar-refractivity contribution in [3.8, 4) is 11.1 Å². The Morgan fingerprint density at radius 1 is 1.07 bits per heavy atom. The molecule has 29 heavy (non-hydrogen) atoms. The molecule has 6 nitrogen and oxygen atoms in total. The van der Waals surface area contributed by atoms with Gasteiger partial charge in [0.2, 0.25) is 0 Å². The molecular formula is C23H21N5O. The number of rotatable bonds is 2. The van der Waals surface area contributed by atoms with E-state index in [9.17, 15) is 4.79 Å². The van der Waals surface area contributed by atoms with Crippen molar-refractivity contribution in [2.75, 3.05) is 0 Å². The molecule has 1 aliphatic rings. The third kappa shape index (κ3) is 2.45. The Labute approximate surface area is 166 Å². The van der Waals surface area contributed by atoms with Crippen molar-refractivity contribution in [2.45, 2.75) is 31.6 Å². The predicted molar refractivity (Wildman–Crippen MR) is 115 cm³/mol. The molecule has 1 aliphatic carbocycles. The molecule has 0 unspecified atom stereocenters. The zero-order chi connectivity index (χ0) is 19.5. The zero-order valence-electron chi connectivity index (χ0n) is 16.2. The van der Waals surface area contributed by atoms with Gasteiger partial charge in [-0.15, -0.1) is 0 Å². The van der Waals surface area contributed by atoms with Gasteiger partial charge in [-0.1, -0.05) is 25.0 Å². The molecule has 3 heterocycles. The molecule has 2 N–H and O–H groups in total. The lowest BCUT2D eigenvalue weighted by Gasteiger charge is -2.07. The van der Waals surface area contributed by atoms with E-state index in [-0.39, 0.29) is 5.56 Å². The van der Waals surface area contributed by atoms with Crippen molar-refractivity contribution in [3.63, 3.8) is 0 Å². The van der Waals surface area contributed by atoms with Gasteiger partial charge in [-0.05, 0) is 35.9 Å². The zero-order valence-corrected chi connectivity index (χ0v) is 16.2. The number of aryl methyl sites for hydroxylation is 1. The molecule has 3 aromatic heterocycles. The van der Waals surface area contributed by atoms with Gasteiger partial charge in [0.15, 0.2) is 0 Å². The summed E-state index contributed by atoms with van der Waals surface area (Å²) in [4.78, 5) is 24.3. The average molecular weight is 383 g/mol. The summed E-state index contributed by atoms with van der Waals surface area (Å²) < 4.78 is 1.79. The molecule has 1 saturated carbocycles. The number of hydrogen-bond donors (Lipinski definition) is 2. The second kappa shape index (κ2) is 6.04. The molecule has 0 atom stereocenters. The van der Waals surface area contributed by atoms with Crippen LogP contribution in [-0.4, -0.2) is 24.7 Å². The molecule has 0 saturated heterocycles. The van der Waals surface area contributed by atoms with Gasteiger partial charge in [0, 0.05) is 41.7 Å². The van der Waals surface area contributed by atoms with Crippen LogP contribution in [0.15, 0.2) is 47.7 Å². The van der Waals surface area contributed by atoms with Crippen molar-refractivity contribution in [1.82, 2.24) is 24.7 Å². The fourth-order valence-corrected chi connectivity index (χ4v) is 4.84. The molecule has 144 valence electrons. The molecule has 6 rings (SSSR count). The number of aromatic amines is 2. The van der Waals surface area contributed by atoms with E-state index in [0.29, 0.717) is 11.3 Å². The predicted octanol–water partition coefficient (Wildman–Crippen LogP) is 4.62. The number of benzene rings is 2. The van der Waals surface area contributed by atoms with Gasteiger partial charge in [0.1, 0.15) is 5.82 Å². The highest BCUT2D eigenvalue weighted by molar-refractivity contribution is 6.23. The van der Waals surface area contributed by atoms with Crippen LogP contribution in [0.3, 0.4) is 0 Å². The lowest BCUT2D eigenvalue weighted by atomic mass is 9.98. The fourth-order valence-electron chi connectivity index (χ4n) is 4.84. The van der Waals surface area contributed by atoms with E-state index in [0.717, 1.165) is 44.1 Å². The molecule has 0 amide bonds. The van der Waals surface area contributed by atoms with Gasteiger partial charge in [0.25, 0.3) is 5.56 Å². The summed E-state index contributed by atoms with van der Waals surface area (Å²) >= 11 is 0. The Morgan fingerprint density at radius 2 is 1.93 bits per heavy atom. The molecule has 2 aromatic carbocycles. The van der Waals surface area contributed by atoms with Crippen LogP contribution in [0.2, 0.25) is 0 Å². The van der Waals surface area contributed by atoms with Crippen LogP contribution < -0.4 is 5.56 Å². The van der Waals surface area contributed by atoms with E-state index < -0.39 is 0 Å². The van der Waals surface area contributed by atoms with Gasteiger partial charge in [-0.3, -0.25) is 9.48 Å². The molecule has 5 aromatic rings. The first-order chi connectivity index (χ1) is 14.2. The van der Waals surface area contributed by atoms with E-state index in [4.69, 9.17) is 4.98 Å². The van der Waals surface area contributed by atoms with Gasteiger partial charge in [-0.2, -0.15) is 5.10 Å². The van der Waals surface area contributed by atoms with Gasteiger partial charge in [0.05, 0.1) is 22.6 Å². The van der Waals surface area contributed by atoms with E-state index in [1.165, 1.54) is 25.7 Å². The third-order valence-electron chi connectivity index (χ3n) is 6.28. The summed E-state index contributed by atoms with van der Waals surface area (Å²) in [5.74, 6) is 1.55. The molecular weight excluding hydrogens is 362 g/mol. The normalized spacial score (nSPS) is 15.2. The van der Waals surface area contributed by atoms with Crippen LogP contribution in [0.4, 0.5) is 0 Å². The van der Waals surface area contributed by atoms with Crippen LogP contribution in [0.25, 0.3) is 43.7 Å². The Balaban J connectivity index is 1.72. The maximum Gasteiger partial charge on any atom is 0.256 e. The lowest BCUT2D eigenvalue weighted by Crippen LogP contribution is -2.05. The van der Waals surface area contributed by atoms with E-state index in [1.807, 2.05) is 25.5 Å². The summed E-state index contributed by atoms with van der Waals surface area (Å²) in [6, 6.07) is 8.26. The molecule has 0 spiro atoms. The molecule has 0 radical (unpaired) electrons. The first kappa shape index (κ1) is 16.5. The smallest absolute Gasteiger partial charge is 0.256 e. The van der Waals surface area contributed by atoms with E-state index >= 15 is 0 Å². The Kier molecular flexibility index (Phi) is 3.45. The summed E-state index contributed by atoms with van der Waals surface area (Å²) in [5.41, 5.74) is 3.92. The van der Waals surface area contributed by atoms with E-state index in [1.54, 1.807) is 10.9 Å². The quantitative estimate of drug-likeness (QED) is 0.437. The van der Waals surface area contributed by atoms with Crippen molar-refractivity contribution in [3.05, 3.63) is 59.0 Å².